The predicted octanol–water partition coefficient (Wildman–Crippen LogP) is 1.54. The van der Waals surface area contributed by atoms with E-state index in [2.05, 4.69) is 43.2 Å². The number of nitrogens with zero attached hydrogens (tertiary/aromatic N) is 2. The molecule has 2 bridgehead atoms. The summed E-state index contributed by atoms with van der Waals surface area (Å²) in [4.78, 5) is 5.15. The molecule has 1 N–H and O–H groups in total. The van der Waals surface area contributed by atoms with E-state index in [4.69, 9.17) is 0 Å². The highest BCUT2D eigenvalue weighted by molar-refractivity contribution is 4.96. The summed E-state index contributed by atoms with van der Waals surface area (Å²) in [6, 6.07) is 3.12. The van der Waals surface area contributed by atoms with Crippen LogP contribution in [0.1, 0.15) is 39.0 Å². The van der Waals surface area contributed by atoms with Crippen molar-refractivity contribution >= 4 is 0 Å². The van der Waals surface area contributed by atoms with Crippen molar-refractivity contribution in [1.82, 2.24) is 15.1 Å². The van der Waals surface area contributed by atoms with Gasteiger partial charge in [-0.1, -0.05) is 6.42 Å². The van der Waals surface area contributed by atoms with Crippen LogP contribution in [0.4, 0.5) is 0 Å². The lowest BCUT2D eigenvalue weighted by molar-refractivity contribution is -0.0108. The van der Waals surface area contributed by atoms with Crippen molar-refractivity contribution in [3.63, 3.8) is 0 Å². The smallest absolute Gasteiger partial charge is 0.0200 e. The summed E-state index contributed by atoms with van der Waals surface area (Å²) in [5.74, 6) is 0. The van der Waals surface area contributed by atoms with Gasteiger partial charge in [0.1, 0.15) is 0 Å². The van der Waals surface area contributed by atoms with Crippen molar-refractivity contribution in [2.75, 3.05) is 27.7 Å². The fourth-order valence-electron chi connectivity index (χ4n) is 4.00. The van der Waals surface area contributed by atoms with E-state index in [1.807, 2.05) is 0 Å². The van der Waals surface area contributed by atoms with Gasteiger partial charge in [-0.15, -0.1) is 0 Å². The number of fused-ring (bicyclic) bond motifs is 2. The maximum Gasteiger partial charge on any atom is 0.0200 e. The molecule has 0 spiro atoms. The van der Waals surface area contributed by atoms with E-state index in [0.717, 1.165) is 18.1 Å². The number of rotatable bonds is 4. The summed E-state index contributed by atoms with van der Waals surface area (Å²) in [6.45, 7) is 3.60. The Morgan fingerprint density at radius 2 is 1.82 bits per heavy atom. The molecule has 2 aliphatic rings. The molecule has 0 aromatic rings. The van der Waals surface area contributed by atoms with Gasteiger partial charge in [-0.05, 0) is 53.8 Å². The lowest BCUT2D eigenvalue weighted by Crippen LogP contribution is -2.60. The lowest BCUT2D eigenvalue weighted by atomic mass is 9.80. The zero-order valence-electron chi connectivity index (χ0n) is 11.9. The molecule has 3 unspecified atom stereocenters. The van der Waals surface area contributed by atoms with E-state index in [0.29, 0.717) is 6.04 Å². The molecule has 0 aromatic carbocycles. The molecular weight excluding hydrogens is 210 g/mol. The van der Waals surface area contributed by atoms with Crippen LogP contribution in [-0.2, 0) is 0 Å². The molecule has 0 aromatic heterocycles. The summed E-state index contributed by atoms with van der Waals surface area (Å²) in [7, 11) is 6.50. The Kier molecular flexibility index (Phi) is 4.45. The molecule has 3 atom stereocenters. The molecule has 3 nitrogen and oxygen atoms in total. The van der Waals surface area contributed by atoms with Gasteiger partial charge in [0, 0.05) is 30.7 Å². The van der Waals surface area contributed by atoms with E-state index >= 15 is 0 Å². The van der Waals surface area contributed by atoms with Gasteiger partial charge in [-0.2, -0.15) is 0 Å². The zero-order chi connectivity index (χ0) is 12.4. The van der Waals surface area contributed by atoms with Crippen LogP contribution in [0.5, 0.6) is 0 Å². The van der Waals surface area contributed by atoms with Crippen molar-refractivity contribution in [2.24, 2.45) is 0 Å². The summed E-state index contributed by atoms with van der Waals surface area (Å²) in [5, 5.41) is 3.50. The minimum absolute atomic E-state index is 0.707. The minimum Gasteiger partial charge on any atom is -0.317 e. The van der Waals surface area contributed by atoms with Crippen molar-refractivity contribution in [3.05, 3.63) is 0 Å². The monoisotopic (exact) mass is 239 g/mol. The number of hydrogen-bond acceptors (Lipinski definition) is 3. The Balaban J connectivity index is 2.02. The minimum atomic E-state index is 0.707. The fraction of sp³-hybridized carbons (Fsp3) is 1.00. The molecule has 2 aliphatic heterocycles. The highest BCUT2D eigenvalue weighted by Crippen LogP contribution is 2.35. The van der Waals surface area contributed by atoms with Crippen molar-refractivity contribution in [1.29, 1.82) is 0 Å². The second-order valence-electron chi connectivity index (χ2n) is 6.25. The van der Waals surface area contributed by atoms with Crippen molar-refractivity contribution in [2.45, 2.75) is 63.2 Å². The van der Waals surface area contributed by atoms with Gasteiger partial charge in [0.05, 0.1) is 0 Å². The van der Waals surface area contributed by atoms with E-state index in [9.17, 15) is 0 Å². The molecule has 2 fully saturated rings. The SMILES string of the molecule is CNC1CC2CCCC(C1)N2C(C)CN(C)C. The molecule has 17 heavy (non-hydrogen) atoms. The Hall–Kier alpha value is -0.120. The first-order valence-corrected chi connectivity index (χ1v) is 7.21. The van der Waals surface area contributed by atoms with Crippen LogP contribution in [-0.4, -0.2) is 61.7 Å². The number of likely N-dealkylation sites (N-methyl/N-ethyl adjacent to an activating group) is 1. The van der Waals surface area contributed by atoms with Crippen LogP contribution in [0.15, 0.2) is 0 Å². The van der Waals surface area contributed by atoms with E-state index in [-0.39, 0.29) is 0 Å². The fourth-order valence-corrected chi connectivity index (χ4v) is 4.00. The third kappa shape index (κ3) is 3.01. The Morgan fingerprint density at radius 1 is 1.24 bits per heavy atom. The maximum atomic E-state index is 3.50. The first-order chi connectivity index (χ1) is 8.11. The number of hydrogen-bond donors (Lipinski definition) is 1. The topological polar surface area (TPSA) is 18.5 Å². The largest absolute Gasteiger partial charge is 0.317 e. The van der Waals surface area contributed by atoms with Gasteiger partial charge in [-0.25, -0.2) is 0 Å². The second kappa shape index (κ2) is 5.68. The van der Waals surface area contributed by atoms with Crippen LogP contribution in [0.2, 0.25) is 0 Å². The van der Waals surface area contributed by atoms with E-state index < -0.39 is 0 Å². The van der Waals surface area contributed by atoms with Crippen LogP contribution in [0.3, 0.4) is 0 Å². The molecule has 2 heterocycles. The Labute approximate surface area is 107 Å². The van der Waals surface area contributed by atoms with Crippen LogP contribution in [0, 0.1) is 0 Å². The van der Waals surface area contributed by atoms with Gasteiger partial charge in [0.25, 0.3) is 0 Å². The molecule has 100 valence electrons. The van der Waals surface area contributed by atoms with Crippen LogP contribution in [0.25, 0.3) is 0 Å². The molecule has 0 radical (unpaired) electrons. The summed E-state index contributed by atoms with van der Waals surface area (Å²) in [6.07, 6.45) is 6.96. The molecule has 3 heteroatoms. The molecule has 2 rings (SSSR count). The summed E-state index contributed by atoms with van der Waals surface area (Å²) < 4.78 is 0. The van der Waals surface area contributed by atoms with Gasteiger partial charge in [0.15, 0.2) is 0 Å². The average molecular weight is 239 g/mol. The highest BCUT2D eigenvalue weighted by atomic mass is 15.3. The molecular formula is C14H29N3. The Morgan fingerprint density at radius 3 is 2.29 bits per heavy atom. The Bertz CT molecular complexity index is 228. The standard InChI is InChI=1S/C14H29N3/c1-11(10-16(3)4)17-13-6-5-7-14(17)9-12(8-13)15-2/h11-15H,5-10H2,1-4H3. The molecule has 0 amide bonds. The number of piperidine rings is 2. The normalized spacial score (nSPS) is 36.2. The average Bonchev–Trinajstić information content (AvgIpc) is 2.26. The molecule has 2 saturated heterocycles. The molecule has 0 saturated carbocycles. The van der Waals surface area contributed by atoms with Gasteiger partial charge in [-0.3, -0.25) is 4.90 Å². The van der Waals surface area contributed by atoms with Gasteiger partial charge >= 0.3 is 0 Å². The third-order valence-corrected chi connectivity index (χ3v) is 4.58. The number of nitrogens with one attached hydrogen (secondary N) is 1. The van der Waals surface area contributed by atoms with Gasteiger partial charge < -0.3 is 10.2 Å². The molecule has 0 aliphatic carbocycles. The second-order valence-corrected chi connectivity index (χ2v) is 6.25. The third-order valence-electron chi connectivity index (χ3n) is 4.58. The van der Waals surface area contributed by atoms with Gasteiger partial charge in [0.2, 0.25) is 0 Å². The van der Waals surface area contributed by atoms with Crippen molar-refractivity contribution in [3.8, 4) is 0 Å². The quantitative estimate of drug-likeness (QED) is 0.803. The van der Waals surface area contributed by atoms with Crippen molar-refractivity contribution < 1.29 is 0 Å². The predicted molar refractivity (Wildman–Crippen MR) is 73.4 cm³/mol. The first-order valence-electron chi connectivity index (χ1n) is 7.21. The van der Waals surface area contributed by atoms with E-state index in [1.54, 1.807) is 0 Å². The lowest BCUT2D eigenvalue weighted by Gasteiger charge is -2.52. The van der Waals surface area contributed by atoms with Crippen LogP contribution < -0.4 is 5.32 Å². The summed E-state index contributed by atoms with van der Waals surface area (Å²) in [5.41, 5.74) is 0. The highest BCUT2D eigenvalue weighted by Gasteiger charge is 2.39. The first kappa shape index (κ1) is 13.3. The van der Waals surface area contributed by atoms with E-state index in [1.165, 1.54) is 38.6 Å². The summed E-state index contributed by atoms with van der Waals surface area (Å²) >= 11 is 0. The van der Waals surface area contributed by atoms with Crippen LogP contribution >= 0.6 is 0 Å². The zero-order valence-corrected chi connectivity index (χ0v) is 11.9. The maximum absolute atomic E-state index is 3.50.